The van der Waals surface area contributed by atoms with Crippen molar-refractivity contribution in [2.75, 3.05) is 6.61 Å². The van der Waals surface area contributed by atoms with Gasteiger partial charge < -0.3 is 5.11 Å². The van der Waals surface area contributed by atoms with E-state index in [2.05, 4.69) is 13.8 Å². The first-order valence-electron chi connectivity index (χ1n) is 3.23. The summed E-state index contributed by atoms with van der Waals surface area (Å²) in [6.45, 7) is 4.53. The largest absolute Gasteiger partial charge is 1.41 e. The minimum atomic E-state index is 0.344. The minimum absolute atomic E-state index is 0.344. The van der Waals surface area contributed by atoms with Gasteiger partial charge in [-0.3, -0.25) is 0 Å². The van der Waals surface area contributed by atoms with E-state index < -0.39 is 0 Å². The van der Waals surface area contributed by atoms with Crippen molar-refractivity contribution in [3.05, 3.63) is 0 Å². The molecule has 0 amide bonds. The monoisotopic (exact) mass is 127 g/mol. The molecule has 0 atom stereocenters. The van der Waals surface area contributed by atoms with Crippen molar-refractivity contribution >= 4 is 21.7 Å². The number of hydrogen-bond acceptors (Lipinski definition) is 1. The zero-order chi connectivity index (χ0) is 6.83. The van der Waals surface area contributed by atoms with Crippen LogP contribution in [-0.4, -0.2) is 33.4 Å². The van der Waals surface area contributed by atoms with Crippen LogP contribution in [0.3, 0.4) is 0 Å². The van der Waals surface area contributed by atoms with Gasteiger partial charge in [0.2, 0.25) is 0 Å². The summed E-state index contributed by atoms with van der Waals surface area (Å²) in [5.41, 5.74) is 0. The normalized spacial score (nSPS) is 7.50. The second-order valence-corrected chi connectivity index (χ2v) is 2.58. The molecule has 45 valence electrons. The van der Waals surface area contributed by atoms with E-state index in [0.29, 0.717) is 6.61 Å². The molecule has 0 saturated heterocycles. The quantitative estimate of drug-likeness (QED) is 0.556. The third kappa shape index (κ3) is 29.7. The Bertz CT molecular complexity index is 22.5. The lowest BCUT2D eigenvalue weighted by molar-refractivity contribution is 0.287. The fraction of sp³-hybridized carbons (Fsp3) is 1.00. The van der Waals surface area contributed by atoms with Gasteiger partial charge in [-0.15, -0.1) is 0 Å². The molecule has 0 heterocycles. The van der Waals surface area contributed by atoms with Crippen LogP contribution in [0.1, 0.15) is 26.7 Å². The van der Waals surface area contributed by atoms with Gasteiger partial charge in [0.25, 0.3) is 4.55 Å². The Balaban J connectivity index is 0. The van der Waals surface area contributed by atoms with Crippen LogP contribution < -0.4 is 0 Å². The summed E-state index contributed by atoms with van der Waals surface area (Å²) in [5, 5.41) is 8.07. The number of unbranched alkanes of at least 4 members (excludes halogenated alkanes) is 1. The van der Waals surface area contributed by atoms with Crippen molar-refractivity contribution in [2.45, 2.75) is 31.2 Å². The van der Waals surface area contributed by atoms with E-state index in [-0.39, 0.29) is 0 Å². The van der Waals surface area contributed by atoms with Crippen LogP contribution in [0.25, 0.3) is 0 Å². The molecule has 2 heteroatoms. The Morgan fingerprint density at radius 1 is 1.38 bits per heavy atom. The van der Waals surface area contributed by atoms with Crippen LogP contribution in [0.5, 0.6) is 0 Å². The molecule has 0 aromatic heterocycles. The standard InChI is InChI=1S/C4H10O.C2H5.Mg/c1-2-3-4-5;1-2;/h5H,2-4H2,1H3;1H2,2H3;/q;;+2. The summed E-state index contributed by atoms with van der Waals surface area (Å²) in [6, 6.07) is 0. The summed E-state index contributed by atoms with van der Waals surface area (Å²) in [6.07, 6.45) is 2.04. The minimum Gasteiger partial charge on any atom is -0.396 e. The third-order valence-electron chi connectivity index (χ3n) is 0.512. The smallest absolute Gasteiger partial charge is 0.396 e. The van der Waals surface area contributed by atoms with Crippen LogP contribution in [0.4, 0.5) is 0 Å². The fourth-order valence-electron chi connectivity index (χ4n) is 0.158. The van der Waals surface area contributed by atoms with E-state index in [9.17, 15) is 0 Å². The molecule has 0 rings (SSSR count). The molecule has 1 N–H and O–H groups in total. The highest BCUT2D eigenvalue weighted by molar-refractivity contribution is 6.08. The van der Waals surface area contributed by atoms with Crippen molar-refractivity contribution in [1.29, 1.82) is 0 Å². The summed E-state index contributed by atoms with van der Waals surface area (Å²) >= 11 is 1.97. The molecule has 0 spiro atoms. The van der Waals surface area contributed by atoms with E-state index in [4.69, 9.17) is 5.11 Å². The predicted octanol–water partition coefficient (Wildman–Crippen LogP) is 1.37. The second-order valence-electron chi connectivity index (χ2n) is 1.58. The summed E-state index contributed by atoms with van der Waals surface area (Å²) in [4.78, 5) is 0. The highest BCUT2D eigenvalue weighted by Gasteiger charge is 2.13. The summed E-state index contributed by atoms with van der Waals surface area (Å²) in [7, 11) is 0. The number of aliphatic hydroxyl groups excluding tert-OH is 1. The molecule has 7 radical (unpaired) electrons. The van der Waals surface area contributed by atoms with Gasteiger partial charge in [-0.05, 0) is 6.42 Å². The van der Waals surface area contributed by atoms with Gasteiger partial charge in [-0.1, -0.05) is 13.3 Å². The molecule has 0 aromatic carbocycles. The Morgan fingerprint density at radius 2 is 1.75 bits per heavy atom. The summed E-state index contributed by atoms with van der Waals surface area (Å²) in [5.74, 6) is 0. The van der Waals surface area contributed by atoms with E-state index >= 15 is 0 Å². The lowest BCUT2D eigenvalue weighted by atomic mass is 10.4. The maximum Gasteiger partial charge on any atom is 1.41 e. The maximum absolute atomic E-state index is 8.07. The van der Waals surface area contributed by atoms with Gasteiger partial charge in [0.05, 0.1) is 0 Å². The van der Waals surface area contributed by atoms with Gasteiger partial charge in [0.1, 0.15) is 0 Å². The molecule has 0 aliphatic carbocycles. The molecule has 0 aromatic rings. The maximum atomic E-state index is 8.07. The van der Waals surface area contributed by atoms with Crippen molar-refractivity contribution in [1.82, 2.24) is 0 Å². The fourth-order valence-corrected chi connectivity index (χ4v) is 0.158. The molecular weight excluding hydrogens is 112 g/mol. The van der Waals surface area contributed by atoms with Crippen molar-refractivity contribution in [2.24, 2.45) is 0 Å². The molecule has 8 heavy (non-hydrogen) atoms. The first-order chi connectivity index (χ1) is 3.83. The van der Waals surface area contributed by atoms with Crippen molar-refractivity contribution in [3.8, 4) is 0 Å². The highest BCUT2D eigenvalue weighted by Crippen LogP contribution is 1.78. The molecule has 1 nitrogen and oxygen atoms in total. The van der Waals surface area contributed by atoms with Gasteiger partial charge in [0, 0.05) is 13.5 Å². The molecule has 0 fully saturated rings. The zero-order valence-electron chi connectivity index (χ0n) is 5.98. The van der Waals surface area contributed by atoms with E-state index in [0.717, 1.165) is 12.8 Å². The molecule has 0 unspecified atom stereocenters. The van der Waals surface area contributed by atoms with Gasteiger partial charge in [-0.25, -0.2) is 0 Å². The van der Waals surface area contributed by atoms with Gasteiger partial charge in [-0.2, -0.15) is 0 Å². The third-order valence-corrected chi connectivity index (χ3v) is 0.512. The van der Waals surface area contributed by atoms with Gasteiger partial charge in [0.15, 0.2) is 0 Å². The first-order valence-corrected chi connectivity index (χ1v) is 4.23. The Hall–Kier alpha value is 0.726. The molecule has 0 aliphatic rings. The predicted molar refractivity (Wildman–Crippen MR) is 38.2 cm³/mol. The Kier molecular flexibility index (Phi) is 22.5. The molecular formula is C6H15MgO+2. The Morgan fingerprint density at radius 3 is 1.75 bits per heavy atom. The lowest BCUT2D eigenvalue weighted by Gasteiger charge is -1.79. The average molecular weight is 127 g/mol. The average Bonchev–Trinajstić information content (AvgIpc) is 1.71. The highest BCUT2D eigenvalue weighted by atomic mass is 24.4. The van der Waals surface area contributed by atoms with Gasteiger partial charge >= 0.3 is 21.7 Å². The number of hydrogen-bond donors (Lipinski definition) is 1. The topological polar surface area (TPSA) is 20.2 Å². The van der Waals surface area contributed by atoms with Crippen LogP contribution in [0.2, 0.25) is 4.55 Å². The van der Waals surface area contributed by atoms with Crippen LogP contribution >= 0.6 is 0 Å². The first kappa shape index (κ1) is 11.5. The van der Waals surface area contributed by atoms with Crippen molar-refractivity contribution in [3.63, 3.8) is 0 Å². The van der Waals surface area contributed by atoms with Crippen LogP contribution in [0, 0.1) is 0 Å². The molecule has 0 bridgehead atoms. The van der Waals surface area contributed by atoms with Crippen LogP contribution in [0.15, 0.2) is 0 Å². The second kappa shape index (κ2) is 15.6. The van der Waals surface area contributed by atoms with Crippen LogP contribution in [-0.2, 0) is 0 Å². The van der Waals surface area contributed by atoms with Crippen molar-refractivity contribution < 1.29 is 5.11 Å². The molecule has 0 saturated carbocycles. The van der Waals surface area contributed by atoms with E-state index in [1.54, 1.807) is 0 Å². The lowest BCUT2D eigenvalue weighted by Crippen LogP contribution is -1.75. The molecule has 0 aliphatic heterocycles. The number of rotatable bonds is 2. The van der Waals surface area contributed by atoms with E-state index in [1.807, 2.05) is 21.7 Å². The SMILES string of the molecule is CCCCO.C[CH2][Mg+2]. The Labute approximate surface area is 64.9 Å². The zero-order valence-corrected chi connectivity index (χ0v) is 7.40. The number of aliphatic hydroxyl groups is 1. The van der Waals surface area contributed by atoms with E-state index in [1.165, 1.54) is 4.55 Å². The summed E-state index contributed by atoms with van der Waals surface area (Å²) < 4.78 is 1.28.